The highest BCUT2D eigenvalue weighted by Crippen LogP contribution is 2.01. The van der Waals surface area contributed by atoms with Gasteiger partial charge in [-0.3, -0.25) is 4.68 Å². The van der Waals surface area contributed by atoms with E-state index in [2.05, 4.69) is 10.3 Å². The Kier molecular flexibility index (Phi) is 2.01. The van der Waals surface area contributed by atoms with E-state index in [-0.39, 0.29) is 0 Å². The first kappa shape index (κ1) is 7.21. The molecule has 0 saturated carbocycles. The fourth-order valence-electron chi connectivity index (χ4n) is 0.717. The molecule has 0 unspecified atom stereocenters. The summed E-state index contributed by atoms with van der Waals surface area (Å²) in [6.07, 6.45) is 0. The van der Waals surface area contributed by atoms with E-state index in [1.54, 1.807) is 11.8 Å². The third-order valence-corrected chi connectivity index (χ3v) is 1.48. The lowest BCUT2D eigenvalue weighted by Gasteiger charge is -1.94. The fraction of sp³-hybridized carbons (Fsp3) is 0.667. The van der Waals surface area contributed by atoms with Crippen LogP contribution < -0.4 is 0 Å². The molecule has 0 spiro atoms. The average molecular weight is 141 g/mol. The maximum absolute atomic E-state index is 4.91. The monoisotopic (exact) mass is 141 g/mol. The Balaban J connectivity index is 2.83. The lowest BCUT2D eigenvalue weighted by atomic mass is 10.4. The summed E-state index contributed by atoms with van der Waals surface area (Å²) >= 11 is 0. The van der Waals surface area contributed by atoms with E-state index >= 15 is 0 Å². The molecule has 0 aliphatic rings. The highest BCUT2D eigenvalue weighted by atomic mass is 16.5. The van der Waals surface area contributed by atoms with Gasteiger partial charge in [0, 0.05) is 14.2 Å². The summed E-state index contributed by atoms with van der Waals surface area (Å²) in [5, 5.41) is 7.71. The second-order valence-corrected chi connectivity index (χ2v) is 2.18. The van der Waals surface area contributed by atoms with Gasteiger partial charge in [-0.05, 0) is 6.92 Å². The van der Waals surface area contributed by atoms with Crippen molar-refractivity contribution in [3.05, 3.63) is 11.4 Å². The molecule has 4 nitrogen and oxygen atoms in total. The van der Waals surface area contributed by atoms with Crippen LogP contribution in [0.1, 0.15) is 11.4 Å². The number of ether oxygens (including phenoxy) is 1. The Hall–Kier alpha value is -0.900. The standard InChI is InChI=1S/C6H11N3O/c1-5-6(4-10-3)7-8-9(5)2/h4H2,1-3H3. The van der Waals surface area contributed by atoms with E-state index in [9.17, 15) is 0 Å². The molecule has 0 bridgehead atoms. The molecular formula is C6H11N3O. The van der Waals surface area contributed by atoms with Crippen LogP contribution in [0.25, 0.3) is 0 Å². The van der Waals surface area contributed by atoms with Gasteiger partial charge in [0.05, 0.1) is 12.3 Å². The van der Waals surface area contributed by atoms with E-state index in [0.717, 1.165) is 11.4 Å². The van der Waals surface area contributed by atoms with Gasteiger partial charge in [0.15, 0.2) is 0 Å². The fourth-order valence-corrected chi connectivity index (χ4v) is 0.717. The highest BCUT2D eigenvalue weighted by molar-refractivity contribution is 5.05. The average Bonchev–Trinajstić information content (AvgIpc) is 2.20. The zero-order valence-electron chi connectivity index (χ0n) is 6.46. The molecule has 10 heavy (non-hydrogen) atoms. The molecule has 0 aliphatic carbocycles. The van der Waals surface area contributed by atoms with Crippen molar-refractivity contribution >= 4 is 0 Å². The molecule has 0 radical (unpaired) electrons. The van der Waals surface area contributed by atoms with Gasteiger partial charge in [-0.25, -0.2) is 0 Å². The van der Waals surface area contributed by atoms with Gasteiger partial charge < -0.3 is 4.74 Å². The highest BCUT2D eigenvalue weighted by Gasteiger charge is 2.03. The number of aromatic nitrogens is 3. The largest absolute Gasteiger partial charge is 0.378 e. The van der Waals surface area contributed by atoms with Crippen molar-refractivity contribution in [2.45, 2.75) is 13.5 Å². The van der Waals surface area contributed by atoms with Crippen molar-refractivity contribution in [1.82, 2.24) is 15.0 Å². The number of methoxy groups -OCH3 is 1. The minimum absolute atomic E-state index is 0.541. The minimum atomic E-state index is 0.541. The van der Waals surface area contributed by atoms with Crippen LogP contribution in [0.5, 0.6) is 0 Å². The Morgan fingerprint density at radius 1 is 1.60 bits per heavy atom. The first-order chi connectivity index (χ1) is 4.75. The first-order valence-corrected chi connectivity index (χ1v) is 3.09. The summed E-state index contributed by atoms with van der Waals surface area (Å²) in [5.74, 6) is 0. The third kappa shape index (κ3) is 1.16. The van der Waals surface area contributed by atoms with Crippen LogP contribution in [0.2, 0.25) is 0 Å². The normalized spacial score (nSPS) is 10.3. The topological polar surface area (TPSA) is 39.9 Å². The van der Waals surface area contributed by atoms with E-state index in [1.165, 1.54) is 0 Å². The predicted molar refractivity (Wildman–Crippen MR) is 36.5 cm³/mol. The number of hydrogen-bond acceptors (Lipinski definition) is 3. The van der Waals surface area contributed by atoms with E-state index in [1.807, 2.05) is 14.0 Å². The van der Waals surface area contributed by atoms with Crippen molar-refractivity contribution in [3.8, 4) is 0 Å². The van der Waals surface area contributed by atoms with Gasteiger partial charge in [0.25, 0.3) is 0 Å². The lowest BCUT2D eigenvalue weighted by molar-refractivity contribution is 0.181. The predicted octanol–water partition coefficient (Wildman–Crippen LogP) is 0.270. The Labute approximate surface area is 59.8 Å². The summed E-state index contributed by atoms with van der Waals surface area (Å²) in [7, 11) is 3.51. The van der Waals surface area contributed by atoms with E-state index in [4.69, 9.17) is 4.74 Å². The van der Waals surface area contributed by atoms with Crippen molar-refractivity contribution in [2.24, 2.45) is 7.05 Å². The van der Waals surface area contributed by atoms with Crippen molar-refractivity contribution in [3.63, 3.8) is 0 Å². The van der Waals surface area contributed by atoms with Gasteiger partial charge in [-0.2, -0.15) is 0 Å². The molecule has 1 aromatic heterocycles. The number of rotatable bonds is 2. The quantitative estimate of drug-likeness (QED) is 0.593. The Morgan fingerprint density at radius 3 is 2.70 bits per heavy atom. The minimum Gasteiger partial charge on any atom is -0.378 e. The molecule has 1 aromatic rings. The second-order valence-electron chi connectivity index (χ2n) is 2.18. The lowest BCUT2D eigenvalue weighted by Crippen LogP contribution is -1.94. The SMILES string of the molecule is COCc1nnn(C)c1C. The molecule has 0 atom stereocenters. The van der Waals surface area contributed by atoms with Gasteiger partial charge >= 0.3 is 0 Å². The second kappa shape index (κ2) is 2.79. The summed E-state index contributed by atoms with van der Waals surface area (Å²) in [4.78, 5) is 0. The zero-order chi connectivity index (χ0) is 7.56. The summed E-state index contributed by atoms with van der Waals surface area (Å²) < 4.78 is 6.64. The molecule has 1 rings (SSSR count). The molecule has 0 saturated heterocycles. The van der Waals surface area contributed by atoms with Crippen molar-refractivity contribution in [2.75, 3.05) is 7.11 Å². The van der Waals surface area contributed by atoms with Crippen LogP contribution in [0, 0.1) is 6.92 Å². The molecule has 1 heterocycles. The van der Waals surface area contributed by atoms with Gasteiger partial charge in [-0.15, -0.1) is 5.10 Å². The molecule has 0 N–H and O–H groups in total. The van der Waals surface area contributed by atoms with Crippen LogP contribution in [0.3, 0.4) is 0 Å². The summed E-state index contributed by atoms with van der Waals surface area (Å²) in [5.41, 5.74) is 1.96. The number of hydrogen-bond donors (Lipinski definition) is 0. The summed E-state index contributed by atoms with van der Waals surface area (Å²) in [6.45, 7) is 2.51. The molecule has 56 valence electrons. The Bertz CT molecular complexity index is 219. The van der Waals surface area contributed by atoms with Crippen LogP contribution in [-0.4, -0.2) is 22.1 Å². The summed E-state index contributed by atoms with van der Waals surface area (Å²) in [6, 6.07) is 0. The van der Waals surface area contributed by atoms with Crippen molar-refractivity contribution < 1.29 is 4.74 Å². The molecule has 0 aliphatic heterocycles. The maximum Gasteiger partial charge on any atom is 0.111 e. The van der Waals surface area contributed by atoms with Crippen LogP contribution in [0.4, 0.5) is 0 Å². The zero-order valence-corrected chi connectivity index (χ0v) is 6.46. The smallest absolute Gasteiger partial charge is 0.111 e. The first-order valence-electron chi connectivity index (χ1n) is 3.09. The van der Waals surface area contributed by atoms with Gasteiger partial charge in [0.2, 0.25) is 0 Å². The molecular weight excluding hydrogens is 130 g/mol. The van der Waals surface area contributed by atoms with E-state index < -0.39 is 0 Å². The maximum atomic E-state index is 4.91. The van der Waals surface area contributed by atoms with Gasteiger partial charge in [0.1, 0.15) is 5.69 Å². The molecule has 4 heteroatoms. The molecule has 0 aromatic carbocycles. The molecule has 0 fully saturated rings. The van der Waals surface area contributed by atoms with Crippen LogP contribution in [0.15, 0.2) is 0 Å². The van der Waals surface area contributed by atoms with Crippen molar-refractivity contribution in [1.29, 1.82) is 0 Å². The van der Waals surface area contributed by atoms with Crippen LogP contribution in [-0.2, 0) is 18.4 Å². The van der Waals surface area contributed by atoms with Gasteiger partial charge in [-0.1, -0.05) is 5.21 Å². The Morgan fingerprint density at radius 2 is 2.30 bits per heavy atom. The third-order valence-electron chi connectivity index (χ3n) is 1.48. The number of aryl methyl sites for hydroxylation is 1. The van der Waals surface area contributed by atoms with Crippen LogP contribution >= 0.6 is 0 Å². The molecule has 0 amide bonds. The van der Waals surface area contributed by atoms with E-state index in [0.29, 0.717) is 6.61 Å². The number of nitrogens with zero attached hydrogens (tertiary/aromatic N) is 3.